The molecule has 1 aliphatic heterocycles. The molecule has 1 N–H and O–H groups in total. The van der Waals surface area contributed by atoms with Crippen LogP contribution in [-0.2, 0) is 19.6 Å². The van der Waals surface area contributed by atoms with Gasteiger partial charge >= 0.3 is 0 Å². The normalized spacial score (nSPS) is 17.7. The van der Waals surface area contributed by atoms with Gasteiger partial charge in [-0.05, 0) is 43.5 Å². The quantitative estimate of drug-likeness (QED) is 0.738. The summed E-state index contributed by atoms with van der Waals surface area (Å²) in [4.78, 5) is 6.81. The van der Waals surface area contributed by atoms with Crippen LogP contribution in [0.4, 0.5) is 5.82 Å². The number of fused-ring (bicyclic) bond motifs is 1. The molecule has 0 fully saturated rings. The van der Waals surface area contributed by atoms with Crippen LogP contribution in [0.5, 0.6) is 0 Å². The Bertz CT molecular complexity index is 826. The van der Waals surface area contributed by atoms with Crippen LogP contribution in [0.25, 0.3) is 0 Å². The number of hydrogen-bond acceptors (Lipinski definition) is 5. The van der Waals surface area contributed by atoms with Crippen LogP contribution in [0, 0.1) is 12.8 Å². The van der Waals surface area contributed by atoms with E-state index >= 15 is 0 Å². The largest absolute Gasteiger partial charge is 0.370 e. The van der Waals surface area contributed by atoms with Gasteiger partial charge in [-0.1, -0.05) is 11.2 Å². The molecule has 3 aromatic rings. The molecule has 136 valence electrons. The van der Waals surface area contributed by atoms with Gasteiger partial charge in [0.05, 0.1) is 5.69 Å². The Morgan fingerprint density at radius 3 is 3.00 bits per heavy atom. The lowest BCUT2D eigenvalue weighted by Gasteiger charge is -2.23. The number of anilines is 1. The molecule has 0 amide bonds. The highest BCUT2D eigenvalue weighted by atomic mass is 16.5. The third kappa shape index (κ3) is 4.14. The first kappa shape index (κ1) is 16.8. The van der Waals surface area contributed by atoms with Gasteiger partial charge in [-0.2, -0.15) is 0 Å². The van der Waals surface area contributed by atoms with Crippen molar-refractivity contribution in [2.75, 3.05) is 18.4 Å². The Balaban J connectivity index is 1.40. The van der Waals surface area contributed by atoms with Gasteiger partial charge in [0.15, 0.2) is 0 Å². The highest BCUT2D eigenvalue weighted by Crippen LogP contribution is 2.21. The molecule has 3 aromatic heterocycles. The number of pyridine rings is 1. The van der Waals surface area contributed by atoms with Gasteiger partial charge in [-0.25, -0.2) is 4.98 Å². The van der Waals surface area contributed by atoms with Crippen molar-refractivity contribution < 1.29 is 4.52 Å². The van der Waals surface area contributed by atoms with E-state index in [1.807, 2.05) is 37.4 Å². The fourth-order valence-corrected chi connectivity index (χ4v) is 3.66. The second kappa shape index (κ2) is 7.74. The van der Waals surface area contributed by atoms with Crippen molar-refractivity contribution in [1.82, 2.24) is 19.6 Å². The Morgan fingerprint density at radius 2 is 2.19 bits per heavy atom. The standard InChI is InChI=1S/C20H25N5O/c1-16-11-18(23-26-16)14-24-12-17(13-25-10-4-5-19(25)15-24)7-9-22-20-6-2-3-8-21-20/h2-6,8,10-11,17H,7,9,12-15H2,1H3,(H,21,22). The average molecular weight is 351 g/mol. The summed E-state index contributed by atoms with van der Waals surface area (Å²) in [5, 5.41) is 7.60. The van der Waals surface area contributed by atoms with E-state index < -0.39 is 0 Å². The molecule has 0 spiro atoms. The zero-order valence-electron chi connectivity index (χ0n) is 15.1. The minimum Gasteiger partial charge on any atom is -0.370 e. The SMILES string of the molecule is Cc1cc(CN2Cc3cccn3CC(CCNc3ccccn3)C2)no1. The van der Waals surface area contributed by atoms with Crippen LogP contribution in [0.15, 0.2) is 53.3 Å². The van der Waals surface area contributed by atoms with Crippen molar-refractivity contribution in [2.45, 2.75) is 33.0 Å². The van der Waals surface area contributed by atoms with Crippen molar-refractivity contribution in [2.24, 2.45) is 5.92 Å². The summed E-state index contributed by atoms with van der Waals surface area (Å²) in [7, 11) is 0. The smallest absolute Gasteiger partial charge is 0.133 e. The molecule has 0 saturated carbocycles. The molecule has 6 nitrogen and oxygen atoms in total. The molecule has 4 heterocycles. The monoisotopic (exact) mass is 351 g/mol. The summed E-state index contributed by atoms with van der Waals surface area (Å²) in [5.41, 5.74) is 2.37. The molecular weight excluding hydrogens is 326 g/mol. The highest BCUT2D eigenvalue weighted by molar-refractivity contribution is 5.32. The molecule has 1 atom stereocenters. The predicted octanol–water partition coefficient (Wildman–Crippen LogP) is 3.31. The third-order valence-corrected chi connectivity index (χ3v) is 4.87. The lowest BCUT2D eigenvalue weighted by atomic mass is 10.0. The zero-order chi connectivity index (χ0) is 17.8. The topological polar surface area (TPSA) is 59.1 Å². The van der Waals surface area contributed by atoms with Gasteiger partial charge in [-0.3, -0.25) is 4.90 Å². The summed E-state index contributed by atoms with van der Waals surface area (Å²) < 4.78 is 7.62. The first-order valence-corrected chi connectivity index (χ1v) is 9.20. The molecule has 0 bridgehead atoms. The van der Waals surface area contributed by atoms with Crippen molar-refractivity contribution in [3.8, 4) is 0 Å². The molecule has 26 heavy (non-hydrogen) atoms. The number of nitrogens with zero attached hydrogens (tertiary/aromatic N) is 4. The van der Waals surface area contributed by atoms with Crippen LogP contribution in [-0.4, -0.2) is 32.7 Å². The minimum atomic E-state index is 0.577. The summed E-state index contributed by atoms with van der Waals surface area (Å²) >= 11 is 0. The second-order valence-corrected chi connectivity index (χ2v) is 7.05. The number of aryl methyl sites for hydroxylation is 1. The lowest BCUT2D eigenvalue weighted by molar-refractivity contribution is 0.211. The van der Waals surface area contributed by atoms with Gasteiger partial charge in [0.2, 0.25) is 0 Å². The van der Waals surface area contributed by atoms with E-state index in [1.54, 1.807) is 0 Å². The number of rotatable bonds is 6. The van der Waals surface area contributed by atoms with Crippen LogP contribution in [0.1, 0.15) is 23.6 Å². The van der Waals surface area contributed by atoms with E-state index in [4.69, 9.17) is 4.52 Å². The molecule has 4 rings (SSSR count). The Hall–Kier alpha value is -2.60. The van der Waals surface area contributed by atoms with Crippen molar-refractivity contribution >= 4 is 5.82 Å². The fourth-order valence-electron chi connectivity index (χ4n) is 3.66. The van der Waals surface area contributed by atoms with Crippen LogP contribution in [0.3, 0.4) is 0 Å². The van der Waals surface area contributed by atoms with Crippen LogP contribution in [0.2, 0.25) is 0 Å². The van der Waals surface area contributed by atoms with Crippen molar-refractivity contribution in [3.63, 3.8) is 0 Å². The molecule has 0 aliphatic carbocycles. The first-order valence-electron chi connectivity index (χ1n) is 9.20. The van der Waals surface area contributed by atoms with E-state index in [-0.39, 0.29) is 0 Å². The Labute approximate surface area is 153 Å². The Kier molecular flexibility index (Phi) is 5.02. The van der Waals surface area contributed by atoms with Gasteiger partial charge < -0.3 is 14.4 Å². The average Bonchev–Trinajstić information content (AvgIpc) is 3.21. The number of nitrogens with one attached hydrogen (secondary N) is 1. The summed E-state index contributed by atoms with van der Waals surface area (Å²) in [6.07, 6.45) is 5.11. The molecule has 6 heteroatoms. The summed E-state index contributed by atoms with van der Waals surface area (Å²) in [6.45, 7) is 6.75. The van der Waals surface area contributed by atoms with Crippen LogP contribution >= 0.6 is 0 Å². The summed E-state index contributed by atoms with van der Waals surface area (Å²) in [6, 6.07) is 12.3. The van der Waals surface area contributed by atoms with E-state index in [0.717, 1.165) is 56.4 Å². The lowest BCUT2D eigenvalue weighted by Crippen LogP contribution is -2.28. The fraction of sp³-hybridized carbons (Fsp3) is 0.400. The number of aromatic nitrogens is 3. The van der Waals surface area contributed by atoms with Gasteiger partial charge in [0, 0.05) is 56.9 Å². The number of hydrogen-bond donors (Lipinski definition) is 1. The first-order chi connectivity index (χ1) is 12.8. The summed E-state index contributed by atoms with van der Waals surface area (Å²) in [5.74, 6) is 2.39. The van der Waals surface area contributed by atoms with Crippen molar-refractivity contribution in [1.29, 1.82) is 0 Å². The zero-order valence-corrected chi connectivity index (χ0v) is 15.1. The van der Waals surface area contributed by atoms with Gasteiger partial charge in [0.25, 0.3) is 0 Å². The molecular formula is C20H25N5O. The van der Waals surface area contributed by atoms with E-state index in [2.05, 4.69) is 43.3 Å². The molecule has 1 unspecified atom stereocenters. The van der Waals surface area contributed by atoms with Crippen molar-refractivity contribution in [3.05, 3.63) is 65.9 Å². The molecule has 0 radical (unpaired) electrons. The third-order valence-electron chi connectivity index (χ3n) is 4.87. The maximum Gasteiger partial charge on any atom is 0.133 e. The molecule has 1 aliphatic rings. The minimum absolute atomic E-state index is 0.577. The highest BCUT2D eigenvalue weighted by Gasteiger charge is 2.22. The van der Waals surface area contributed by atoms with Gasteiger partial charge in [-0.15, -0.1) is 0 Å². The maximum absolute atomic E-state index is 5.23. The Morgan fingerprint density at radius 1 is 1.23 bits per heavy atom. The van der Waals surface area contributed by atoms with E-state index in [9.17, 15) is 0 Å². The predicted molar refractivity (Wildman–Crippen MR) is 101 cm³/mol. The van der Waals surface area contributed by atoms with E-state index in [1.165, 1.54) is 5.69 Å². The van der Waals surface area contributed by atoms with E-state index in [0.29, 0.717) is 5.92 Å². The second-order valence-electron chi connectivity index (χ2n) is 7.05. The van der Waals surface area contributed by atoms with Gasteiger partial charge in [0.1, 0.15) is 11.6 Å². The molecule has 0 saturated heterocycles. The molecule has 0 aromatic carbocycles. The van der Waals surface area contributed by atoms with Crippen LogP contribution < -0.4 is 5.32 Å². The maximum atomic E-state index is 5.23.